The van der Waals surface area contributed by atoms with Crippen LogP contribution in [0.5, 0.6) is 5.75 Å². The van der Waals surface area contributed by atoms with E-state index in [1.807, 2.05) is 31.3 Å². The van der Waals surface area contributed by atoms with Crippen LogP contribution >= 0.6 is 0 Å². The molecular formula is C23H26F3N5O2. The maximum Gasteiger partial charge on any atom is 0.416 e. The summed E-state index contributed by atoms with van der Waals surface area (Å²) < 4.78 is 48.5. The van der Waals surface area contributed by atoms with Crippen molar-refractivity contribution in [1.82, 2.24) is 5.32 Å². The first-order chi connectivity index (χ1) is 15.9. The van der Waals surface area contributed by atoms with Crippen molar-refractivity contribution < 1.29 is 22.6 Å². The van der Waals surface area contributed by atoms with Gasteiger partial charge in [0.15, 0.2) is 0 Å². The highest BCUT2D eigenvalue weighted by atomic mass is 19.4. The van der Waals surface area contributed by atoms with E-state index in [-0.39, 0.29) is 12.7 Å². The lowest BCUT2D eigenvalue weighted by atomic mass is 10.1. The first-order valence-electron chi connectivity index (χ1n) is 10.0. The van der Waals surface area contributed by atoms with Crippen LogP contribution in [0.2, 0.25) is 0 Å². The summed E-state index contributed by atoms with van der Waals surface area (Å²) in [5, 5.41) is 5.90. The average Bonchev–Trinajstić information content (AvgIpc) is 2.82. The normalized spacial score (nSPS) is 12.5. The summed E-state index contributed by atoms with van der Waals surface area (Å²) in [5.41, 5.74) is 1.73. The molecule has 10 heteroatoms. The Bertz CT molecular complexity index is 990. The Labute approximate surface area is 190 Å². The first kappa shape index (κ1) is 25.6. The van der Waals surface area contributed by atoms with Gasteiger partial charge in [-0.15, -0.1) is 0 Å². The fourth-order valence-electron chi connectivity index (χ4n) is 2.65. The molecule has 176 valence electrons. The molecule has 0 bridgehead atoms. The fourth-order valence-corrected chi connectivity index (χ4v) is 2.65. The van der Waals surface area contributed by atoms with Gasteiger partial charge in [-0.2, -0.15) is 13.2 Å². The zero-order valence-electron chi connectivity index (χ0n) is 18.2. The van der Waals surface area contributed by atoms with Gasteiger partial charge in [0.05, 0.1) is 5.56 Å². The molecule has 0 aromatic heterocycles. The van der Waals surface area contributed by atoms with E-state index < -0.39 is 11.7 Å². The Hall–Kier alpha value is -3.66. The van der Waals surface area contributed by atoms with Crippen molar-refractivity contribution in [3.63, 3.8) is 0 Å². The number of ether oxygens (including phenoxy) is 2. The molecule has 1 aliphatic heterocycles. The molecule has 0 saturated carbocycles. The quantitative estimate of drug-likeness (QED) is 0.347. The van der Waals surface area contributed by atoms with Crippen LogP contribution in [0.25, 0.3) is 6.08 Å². The summed E-state index contributed by atoms with van der Waals surface area (Å²) in [5.74, 6) is 0.547. The second-order valence-electron chi connectivity index (χ2n) is 6.53. The Morgan fingerprint density at radius 3 is 2.67 bits per heavy atom. The number of benzene rings is 2. The number of nitrogens with one attached hydrogen (secondary N) is 2. The molecule has 0 aliphatic carbocycles. The second-order valence-corrected chi connectivity index (χ2v) is 6.53. The number of anilines is 1. The van der Waals surface area contributed by atoms with E-state index in [9.17, 15) is 13.2 Å². The Morgan fingerprint density at radius 2 is 2.00 bits per heavy atom. The molecule has 3 rings (SSSR count). The van der Waals surface area contributed by atoms with Crippen molar-refractivity contribution in [1.29, 1.82) is 0 Å². The minimum atomic E-state index is -4.39. The van der Waals surface area contributed by atoms with E-state index in [2.05, 4.69) is 39.0 Å². The molecule has 0 fully saturated rings. The van der Waals surface area contributed by atoms with Gasteiger partial charge in [-0.25, -0.2) is 9.98 Å². The van der Waals surface area contributed by atoms with Crippen LogP contribution in [0, 0.1) is 0 Å². The van der Waals surface area contributed by atoms with Crippen molar-refractivity contribution in [3.05, 3.63) is 65.4 Å². The van der Waals surface area contributed by atoms with Gasteiger partial charge in [-0.1, -0.05) is 12.1 Å². The van der Waals surface area contributed by atoms with E-state index in [1.54, 1.807) is 6.07 Å². The van der Waals surface area contributed by atoms with Crippen LogP contribution in [-0.2, 0) is 17.5 Å². The summed E-state index contributed by atoms with van der Waals surface area (Å²) >= 11 is 0. The first-order valence-corrected chi connectivity index (χ1v) is 10.0. The summed E-state index contributed by atoms with van der Waals surface area (Å²) in [6, 6.07) is 10.5. The van der Waals surface area contributed by atoms with E-state index in [1.165, 1.54) is 12.1 Å². The standard InChI is InChI=1S/C19H17F3N4O.C4H9NO/c1-23-18(27-17-6-5-14-11-24-8-7-13(14)9-17)26-12-25-16-4-2-3-15(10-16)19(20,21)22;1-3-6-4-5-2/h2-10,24-25H,1,11-12H2;2-4H2,1H3/b26-18+;. The third kappa shape index (κ3) is 8.77. The number of hydrogen-bond acceptors (Lipinski definition) is 6. The van der Waals surface area contributed by atoms with Crippen LogP contribution in [0.15, 0.2) is 63.6 Å². The Kier molecular flexibility index (Phi) is 10.1. The van der Waals surface area contributed by atoms with E-state index in [4.69, 9.17) is 9.47 Å². The molecule has 2 N–H and O–H groups in total. The molecule has 1 aliphatic rings. The minimum Gasteiger partial charge on any atom is -0.425 e. The van der Waals surface area contributed by atoms with Gasteiger partial charge in [0.2, 0.25) is 0 Å². The van der Waals surface area contributed by atoms with Gasteiger partial charge in [-0.05, 0) is 74.1 Å². The SMILES string of the molecule is C=N/C(=N\CNc1cccc(C(F)(F)F)c1)Oc1ccc2c(c1)C=CNC2.C=NCOCC. The number of amidine groups is 1. The molecule has 33 heavy (non-hydrogen) atoms. The van der Waals surface area contributed by atoms with E-state index in [0.29, 0.717) is 18.2 Å². The van der Waals surface area contributed by atoms with Gasteiger partial charge < -0.3 is 20.1 Å². The molecule has 0 amide bonds. The van der Waals surface area contributed by atoms with Crippen molar-refractivity contribution in [2.45, 2.75) is 19.6 Å². The zero-order valence-corrected chi connectivity index (χ0v) is 18.2. The molecule has 7 nitrogen and oxygen atoms in total. The fraction of sp³-hybridized carbons (Fsp3) is 0.261. The number of rotatable bonds is 7. The Morgan fingerprint density at radius 1 is 1.18 bits per heavy atom. The highest BCUT2D eigenvalue weighted by molar-refractivity contribution is 5.81. The van der Waals surface area contributed by atoms with Gasteiger partial charge in [0, 0.05) is 18.8 Å². The molecule has 1 heterocycles. The number of alkyl halides is 3. The third-order valence-corrected chi connectivity index (χ3v) is 4.21. The van der Waals surface area contributed by atoms with Crippen LogP contribution in [0.3, 0.4) is 0 Å². The lowest BCUT2D eigenvalue weighted by molar-refractivity contribution is -0.137. The predicted molar refractivity (Wildman–Crippen MR) is 126 cm³/mol. The number of aliphatic imine (C=N–C) groups is 3. The molecule has 0 radical (unpaired) electrons. The van der Waals surface area contributed by atoms with Gasteiger partial charge >= 0.3 is 12.2 Å². The Balaban J connectivity index is 0.000000569. The monoisotopic (exact) mass is 461 g/mol. The smallest absolute Gasteiger partial charge is 0.416 e. The molecule has 2 aromatic rings. The predicted octanol–water partition coefficient (Wildman–Crippen LogP) is 4.97. The van der Waals surface area contributed by atoms with Gasteiger partial charge in [0.25, 0.3) is 0 Å². The van der Waals surface area contributed by atoms with Crippen molar-refractivity contribution >= 4 is 31.2 Å². The summed E-state index contributed by atoms with van der Waals surface area (Å²) in [6.07, 6.45) is -0.612. The van der Waals surface area contributed by atoms with Crippen LogP contribution in [-0.4, -0.2) is 39.5 Å². The maximum absolute atomic E-state index is 12.7. The third-order valence-electron chi connectivity index (χ3n) is 4.21. The lowest BCUT2D eigenvalue weighted by Crippen LogP contribution is -2.12. The largest absolute Gasteiger partial charge is 0.425 e. The summed E-state index contributed by atoms with van der Waals surface area (Å²) in [7, 11) is 0. The lowest BCUT2D eigenvalue weighted by Gasteiger charge is -2.13. The number of nitrogens with zero attached hydrogens (tertiary/aromatic N) is 3. The number of hydrogen-bond donors (Lipinski definition) is 2. The van der Waals surface area contributed by atoms with Crippen molar-refractivity contribution in [3.8, 4) is 5.75 Å². The summed E-state index contributed by atoms with van der Waals surface area (Å²) in [4.78, 5) is 11.2. The minimum absolute atomic E-state index is 0.00950. The topological polar surface area (TPSA) is 79.6 Å². The highest BCUT2D eigenvalue weighted by Gasteiger charge is 2.30. The van der Waals surface area contributed by atoms with Crippen LogP contribution in [0.1, 0.15) is 23.6 Å². The van der Waals surface area contributed by atoms with Gasteiger partial charge in [-0.3, -0.25) is 4.99 Å². The molecular weight excluding hydrogens is 435 g/mol. The maximum atomic E-state index is 12.7. The molecule has 0 saturated heterocycles. The van der Waals surface area contributed by atoms with Crippen molar-refractivity contribution in [2.75, 3.05) is 25.3 Å². The molecule has 2 aromatic carbocycles. The van der Waals surface area contributed by atoms with Crippen molar-refractivity contribution in [2.24, 2.45) is 15.0 Å². The zero-order chi connectivity index (χ0) is 24.1. The van der Waals surface area contributed by atoms with Crippen LogP contribution < -0.4 is 15.4 Å². The van der Waals surface area contributed by atoms with Crippen LogP contribution in [0.4, 0.5) is 18.9 Å². The number of fused-ring (bicyclic) bond motifs is 1. The molecule has 0 unspecified atom stereocenters. The highest BCUT2D eigenvalue weighted by Crippen LogP contribution is 2.30. The second kappa shape index (κ2) is 13.0. The number of halogens is 3. The molecule has 0 spiro atoms. The van der Waals surface area contributed by atoms with Gasteiger partial charge in [0.1, 0.15) is 19.1 Å². The summed E-state index contributed by atoms with van der Waals surface area (Å²) in [6.45, 7) is 10.4. The van der Waals surface area contributed by atoms with E-state index >= 15 is 0 Å². The molecule has 0 atom stereocenters. The van der Waals surface area contributed by atoms with E-state index in [0.717, 1.165) is 36.4 Å². The average molecular weight is 461 g/mol.